The van der Waals surface area contributed by atoms with E-state index < -0.39 is 27.5 Å². The molecule has 0 fully saturated rings. The van der Waals surface area contributed by atoms with E-state index in [-0.39, 0.29) is 33.3 Å². The first-order valence-electron chi connectivity index (χ1n) is 8.19. The highest BCUT2D eigenvalue weighted by Gasteiger charge is 2.55. The van der Waals surface area contributed by atoms with Gasteiger partial charge in [-0.2, -0.15) is 13.2 Å². The van der Waals surface area contributed by atoms with Crippen LogP contribution in [0.5, 0.6) is 0 Å². The van der Waals surface area contributed by atoms with E-state index in [9.17, 15) is 36.3 Å². The van der Waals surface area contributed by atoms with Gasteiger partial charge in [0.1, 0.15) is 0 Å². The van der Waals surface area contributed by atoms with Crippen LogP contribution in [-0.2, 0) is 19.4 Å². The van der Waals surface area contributed by atoms with Crippen molar-refractivity contribution >= 4 is 44.6 Å². The Labute approximate surface area is 174 Å². The van der Waals surface area contributed by atoms with Gasteiger partial charge in [0.25, 0.3) is 5.91 Å². The third-order valence-electron chi connectivity index (χ3n) is 3.98. The molecule has 0 aliphatic carbocycles. The number of halogens is 4. The minimum absolute atomic E-state index is 0.121. The van der Waals surface area contributed by atoms with Crippen molar-refractivity contribution < 1.29 is 36.3 Å². The number of anilines is 2. The van der Waals surface area contributed by atoms with E-state index in [1.54, 1.807) is 0 Å². The summed E-state index contributed by atoms with van der Waals surface area (Å²) < 4.78 is 63.7. The van der Waals surface area contributed by atoms with E-state index >= 15 is 0 Å². The summed E-state index contributed by atoms with van der Waals surface area (Å²) in [6.07, 6.45) is -5.23. The second-order valence-corrected chi connectivity index (χ2v) is 8.73. The Balaban J connectivity index is 2.29. The first-order valence-corrected chi connectivity index (χ1v) is 10.0. The van der Waals surface area contributed by atoms with Crippen molar-refractivity contribution in [3.63, 3.8) is 0 Å². The second kappa shape index (κ2) is 8.25. The maximum absolute atomic E-state index is 12.7. The molecule has 162 valence electrons. The van der Waals surface area contributed by atoms with E-state index in [0.717, 1.165) is 18.2 Å². The van der Waals surface area contributed by atoms with Crippen molar-refractivity contribution in [1.82, 2.24) is 0 Å². The van der Waals surface area contributed by atoms with Crippen LogP contribution in [0.15, 0.2) is 52.3 Å². The molecule has 2 aromatic carbocycles. The minimum Gasteiger partial charge on any atom is -0.373 e. The second-order valence-electron chi connectivity index (χ2n) is 6.37. The summed E-state index contributed by atoms with van der Waals surface area (Å²) in [7, 11) is -4.04. The van der Waals surface area contributed by atoms with E-state index in [0.29, 0.717) is 5.69 Å². The molecule has 0 aromatic heterocycles. The molecular weight excluding hydrogens is 449 g/mol. The van der Waals surface area contributed by atoms with Gasteiger partial charge < -0.3 is 15.7 Å². The molecule has 0 spiro atoms. The number of nitrogens with one attached hydrogen (secondary N) is 2. The molecule has 12 heteroatoms. The van der Waals surface area contributed by atoms with E-state index in [2.05, 4.69) is 5.32 Å². The van der Waals surface area contributed by atoms with Crippen LogP contribution in [0.1, 0.15) is 13.8 Å². The van der Waals surface area contributed by atoms with Gasteiger partial charge in [-0.3, -0.25) is 9.59 Å². The van der Waals surface area contributed by atoms with E-state index in [1.807, 2.05) is 5.32 Å². The standard InChI is InChI=1S/C18H16ClF3N2O5S/c1-10(25)23-11-3-5-12(6-4-11)30(28,29)13-7-8-15(14(19)9-13)24-16(26)17(2,27)18(20,21)22/h3-9,27H,1-2H3,(H,23,25)(H,24,26). The Hall–Kier alpha value is -2.63. The number of benzene rings is 2. The largest absolute Gasteiger partial charge is 0.426 e. The number of rotatable bonds is 5. The number of aliphatic hydroxyl groups is 1. The summed E-state index contributed by atoms with van der Waals surface area (Å²) in [5.74, 6) is -2.11. The molecule has 0 heterocycles. The topological polar surface area (TPSA) is 113 Å². The fourth-order valence-corrected chi connectivity index (χ4v) is 3.77. The average Bonchev–Trinajstić information content (AvgIpc) is 2.62. The van der Waals surface area contributed by atoms with Gasteiger partial charge in [0.05, 0.1) is 20.5 Å². The summed E-state index contributed by atoms with van der Waals surface area (Å²) >= 11 is 5.92. The lowest BCUT2D eigenvalue weighted by molar-refractivity contribution is -0.242. The van der Waals surface area contributed by atoms with Gasteiger partial charge in [-0.05, 0) is 49.4 Å². The van der Waals surface area contributed by atoms with Gasteiger partial charge in [-0.1, -0.05) is 11.6 Å². The number of sulfone groups is 1. The smallest absolute Gasteiger partial charge is 0.373 e. The summed E-state index contributed by atoms with van der Waals surface area (Å²) in [6.45, 7) is 1.57. The van der Waals surface area contributed by atoms with Crippen LogP contribution in [0.4, 0.5) is 24.5 Å². The van der Waals surface area contributed by atoms with Gasteiger partial charge >= 0.3 is 6.18 Å². The van der Waals surface area contributed by atoms with Crippen molar-refractivity contribution in [3.8, 4) is 0 Å². The molecule has 3 N–H and O–H groups in total. The Kier molecular flexibility index (Phi) is 6.50. The van der Waals surface area contributed by atoms with Crippen LogP contribution in [0, 0.1) is 0 Å². The molecule has 2 aromatic rings. The van der Waals surface area contributed by atoms with Gasteiger partial charge in [-0.25, -0.2) is 8.42 Å². The highest BCUT2D eigenvalue weighted by molar-refractivity contribution is 7.91. The van der Waals surface area contributed by atoms with Gasteiger partial charge in [0.2, 0.25) is 21.3 Å². The molecule has 7 nitrogen and oxygen atoms in total. The summed E-state index contributed by atoms with van der Waals surface area (Å²) in [4.78, 5) is 22.4. The summed E-state index contributed by atoms with van der Waals surface area (Å²) in [5, 5.41) is 13.3. The molecule has 2 amide bonds. The number of carbonyl (C=O) groups is 2. The zero-order valence-corrected chi connectivity index (χ0v) is 17.1. The lowest BCUT2D eigenvalue weighted by atomic mass is 10.1. The molecule has 0 bridgehead atoms. The lowest BCUT2D eigenvalue weighted by Crippen LogP contribution is -2.52. The van der Waals surface area contributed by atoms with Crippen LogP contribution in [-0.4, -0.2) is 37.1 Å². The minimum atomic E-state index is -5.23. The van der Waals surface area contributed by atoms with E-state index in [4.69, 9.17) is 11.6 Å². The Morgan fingerprint density at radius 1 is 1.00 bits per heavy atom. The number of carbonyl (C=O) groups excluding carboxylic acids is 2. The third kappa shape index (κ3) is 4.91. The quantitative estimate of drug-likeness (QED) is 0.628. The SMILES string of the molecule is CC(=O)Nc1ccc(S(=O)(=O)c2ccc(NC(=O)C(C)(O)C(F)(F)F)c(Cl)c2)cc1. The van der Waals surface area contributed by atoms with Crippen molar-refractivity contribution in [3.05, 3.63) is 47.5 Å². The fourth-order valence-electron chi connectivity index (χ4n) is 2.19. The molecule has 30 heavy (non-hydrogen) atoms. The normalized spacial score (nSPS) is 14.0. The first kappa shape index (κ1) is 23.6. The van der Waals surface area contributed by atoms with Crippen LogP contribution in [0.2, 0.25) is 5.02 Å². The Morgan fingerprint density at radius 2 is 1.53 bits per heavy atom. The van der Waals surface area contributed by atoms with Crippen LogP contribution < -0.4 is 10.6 Å². The molecule has 0 aliphatic heterocycles. The zero-order chi connectivity index (χ0) is 22.9. The van der Waals surface area contributed by atoms with Gasteiger partial charge in [0.15, 0.2) is 0 Å². The maximum Gasteiger partial charge on any atom is 0.426 e. The predicted molar refractivity (Wildman–Crippen MR) is 103 cm³/mol. The predicted octanol–water partition coefficient (Wildman–Crippen LogP) is 3.38. The Morgan fingerprint density at radius 3 is 2.00 bits per heavy atom. The number of hydrogen-bond acceptors (Lipinski definition) is 5. The van der Waals surface area contributed by atoms with Crippen LogP contribution >= 0.6 is 11.6 Å². The molecule has 1 atom stereocenters. The van der Waals surface area contributed by atoms with Crippen LogP contribution in [0.25, 0.3) is 0 Å². The molecule has 0 saturated carbocycles. The lowest BCUT2D eigenvalue weighted by Gasteiger charge is -2.25. The Bertz CT molecular complexity index is 1080. The molecule has 0 saturated heterocycles. The van der Waals surface area contributed by atoms with Crippen molar-refractivity contribution in [1.29, 1.82) is 0 Å². The maximum atomic E-state index is 12.7. The zero-order valence-electron chi connectivity index (χ0n) is 15.5. The fraction of sp³-hybridized carbons (Fsp3) is 0.222. The molecule has 0 radical (unpaired) electrons. The molecule has 2 rings (SSSR count). The van der Waals surface area contributed by atoms with Crippen molar-refractivity contribution in [2.45, 2.75) is 35.4 Å². The monoisotopic (exact) mass is 464 g/mol. The average molecular weight is 465 g/mol. The van der Waals surface area contributed by atoms with Crippen molar-refractivity contribution in [2.24, 2.45) is 0 Å². The molecule has 0 aliphatic rings. The molecular formula is C18H16ClF3N2O5S. The highest BCUT2D eigenvalue weighted by atomic mass is 35.5. The van der Waals surface area contributed by atoms with Crippen molar-refractivity contribution in [2.75, 3.05) is 10.6 Å². The highest BCUT2D eigenvalue weighted by Crippen LogP contribution is 2.33. The molecule has 1 unspecified atom stereocenters. The summed E-state index contributed by atoms with van der Waals surface area (Å²) in [5.41, 5.74) is -3.60. The van der Waals surface area contributed by atoms with Gasteiger partial charge in [-0.15, -0.1) is 0 Å². The van der Waals surface area contributed by atoms with E-state index in [1.165, 1.54) is 31.2 Å². The van der Waals surface area contributed by atoms with Gasteiger partial charge in [0, 0.05) is 12.6 Å². The number of amides is 2. The third-order valence-corrected chi connectivity index (χ3v) is 6.06. The summed E-state index contributed by atoms with van der Waals surface area (Å²) in [6, 6.07) is 8.27. The number of hydrogen-bond donors (Lipinski definition) is 3. The van der Waals surface area contributed by atoms with Crippen LogP contribution in [0.3, 0.4) is 0 Å². The first-order chi connectivity index (χ1) is 13.7. The number of alkyl halides is 3.